The Morgan fingerprint density at radius 1 is 0.792 bits per heavy atom. The van der Waals surface area contributed by atoms with Crippen LogP contribution >= 0.6 is 22.9 Å². The zero-order valence-electron chi connectivity index (χ0n) is 12.7. The fourth-order valence-electron chi connectivity index (χ4n) is 3.25. The second-order valence-electron chi connectivity index (χ2n) is 5.79. The molecule has 0 aliphatic carbocycles. The van der Waals surface area contributed by atoms with Crippen molar-refractivity contribution in [3.05, 3.63) is 77.8 Å². The fourth-order valence-corrected chi connectivity index (χ4v) is 4.68. The molecule has 0 spiro atoms. The van der Waals surface area contributed by atoms with Crippen LogP contribution in [-0.2, 0) is 0 Å². The number of para-hydroxylation sites is 1. The standard InChI is InChI=1S/C21H12ClNS/c22-14-7-5-6-13(12-14)20-19-16-9-2-4-11-18(16)24-21(19)15-8-1-3-10-17(15)23-20/h1-12H. The highest BCUT2D eigenvalue weighted by molar-refractivity contribution is 7.26. The maximum absolute atomic E-state index is 6.23. The molecule has 0 amide bonds. The van der Waals surface area contributed by atoms with Crippen LogP contribution in [-0.4, -0.2) is 4.98 Å². The van der Waals surface area contributed by atoms with E-state index in [1.165, 1.54) is 25.6 Å². The van der Waals surface area contributed by atoms with Crippen molar-refractivity contribution in [1.29, 1.82) is 0 Å². The van der Waals surface area contributed by atoms with Crippen LogP contribution in [0.15, 0.2) is 72.8 Å². The first-order chi connectivity index (χ1) is 11.8. The fraction of sp³-hybridized carbons (Fsp3) is 0. The zero-order chi connectivity index (χ0) is 16.1. The number of benzene rings is 3. The van der Waals surface area contributed by atoms with Gasteiger partial charge >= 0.3 is 0 Å². The lowest BCUT2D eigenvalue weighted by Gasteiger charge is -2.07. The molecule has 2 aromatic heterocycles. The summed E-state index contributed by atoms with van der Waals surface area (Å²) in [6, 6.07) is 24.8. The van der Waals surface area contributed by atoms with Gasteiger partial charge in [-0.1, -0.05) is 60.1 Å². The number of pyridine rings is 1. The third kappa shape index (κ3) is 2.04. The van der Waals surface area contributed by atoms with E-state index in [1.807, 2.05) is 35.6 Å². The molecule has 3 heteroatoms. The van der Waals surface area contributed by atoms with Crippen LogP contribution in [0.25, 0.3) is 42.3 Å². The molecule has 0 aliphatic rings. The lowest BCUT2D eigenvalue weighted by Crippen LogP contribution is -1.87. The topological polar surface area (TPSA) is 12.9 Å². The van der Waals surface area contributed by atoms with Crippen molar-refractivity contribution in [2.24, 2.45) is 0 Å². The Morgan fingerprint density at radius 3 is 2.46 bits per heavy atom. The van der Waals surface area contributed by atoms with Gasteiger partial charge in [0.25, 0.3) is 0 Å². The normalized spacial score (nSPS) is 11.5. The Balaban J connectivity index is 2.04. The van der Waals surface area contributed by atoms with Gasteiger partial charge in [-0.3, -0.25) is 0 Å². The second-order valence-corrected chi connectivity index (χ2v) is 7.28. The molecule has 1 nitrogen and oxygen atoms in total. The highest BCUT2D eigenvalue weighted by Gasteiger charge is 2.15. The molecule has 24 heavy (non-hydrogen) atoms. The van der Waals surface area contributed by atoms with Crippen LogP contribution in [0.4, 0.5) is 0 Å². The van der Waals surface area contributed by atoms with E-state index in [4.69, 9.17) is 16.6 Å². The first-order valence-electron chi connectivity index (χ1n) is 7.77. The van der Waals surface area contributed by atoms with E-state index in [-0.39, 0.29) is 0 Å². The van der Waals surface area contributed by atoms with Crippen LogP contribution in [0.2, 0.25) is 5.02 Å². The smallest absolute Gasteiger partial charge is 0.0803 e. The first-order valence-corrected chi connectivity index (χ1v) is 8.96. The Hall–Kier alpha value is -2.42. The Kier molecular flexibility index (Phi) is 3.09. The molecule has 3 aromatic carbocycles. The van der Waals surface area contributed by atoms with Gasteiger partial charge in [0.15, 0.2) is 0 Å². The molecular weight excluding hydrogens is 334 g/mol. The van der Waals surface area contributed by atoms with Crippen LogP contribution in [0, 0.1) is 0 Å². The Bertz CT molecular complexity index is 1220. The van der Waals surface area contributed by atoms with Gasteiger partial charge in [-0.05, 0) is 24.3 Å². The summed E-state index contributed by atoms with van der Waals surface area (Å²) < 4.78 is 2.57. The number of hydrogen-bond donors (Lipinski definition) is 0. The molecule has 0 saturated heterocycles. The highest BCUT2D eigenvalue weighted by Crippen LogP contribution is 2.42. The third-order valence-electron chi connectivity index (χ3n) is 4.31. The predicted octanol–water partition coefficient (Wildman–Crippen LogP) is 6.92. The maximum Gasteiger partial charge on any atom is 0.0803 e. The van der Waals surface area contributed by atoms with Gasteiger partial charge in [0.1, 0.15) is 0 Å². The largest absolute Gasteiger partial charge is 0.247 e. The van der Waals surface area contributed by atoms with Crippen molar-refractivity contribution in [1.82, 2.24) is 4.98 Å². The minimum Gasteiger partial charge on any atom is -0.247 e. The third-order valence-corrected chi connectivity index (χ3v) is 5.75. The summed E-state index contributed by atoms with van der Waals surface area (Å²) in [5, 5.41) is 4.41. The highest BCUT2D eigenvalue weighted by atomic mass is 35.5. The SMILES string of the molecule is Clc1cccc(-c2nc3ccccc3c3sc4ccccc4c23)c1. The molecule has 0 atom stereocenters. The van der Waals surface area contributed by atoms with Crippen LogP contribution in [0.5, 0.6) is 0 Å². The Morgan fingerprint density at radius 2 is 1.58 bits per heavy atom. The van der Waals surface area contributed by atoms with E-state index in [1.54, 1.807) is 0 Å². The predicted molar refractivity (Wildman–Crippen MR) is 105 cm³/mol. The van der Waals surface area contributed by atoms with Gasteiger partial charge < -0.3 is 0 Å². The monoisotopic (exact) mass is 345 g/mol. The first kappa shape index (κ1) is 14.0. The number of hydrogen-bond acceptors (Lipinski definition) is 2. The number of rotatable bonds is 1. The summed E-state index contributed by atoms with van der Waals surface area (Å²) >= 11 is 8.06. The van der Waals surface area contributed by atoms with Crippen molar-refractivity contribution < 1.29 is 0 Å². The second kappa shape index (κ2) is 5.30. The molecule has 0 radical (unpaired) electrons. The van der Waals surface area contributed by atoms with E-state index >= 15 is 0 Å². The van der Waals surface area contributed by atoms with E-state index in [0.29, 0.717) is 0 Å². The summed E-state index contributed by atoms with van der Waals surface area (Å²) in [7, 11) is 0. The van der Waals surface area contributed by atoms with E-state index < -0.39 is 0 Å². The molecule has 0 saturated carbocycles. The van der Waals surface area contributed by atoms with E-state index in [0.717, 1.165) is 21.8 Å². The molecule has 0 unspecified atom stereocenters. The zero-order valence-corrected chi connectivity index (χ0v) is 14.2. The van der Waals surface area contributed by atoms with Gasteiger partial charge in [-0.25, -0.2) is 4.98 Å². The van der Waals surface area contributed by atoms with Gasteiger partial charge in [-0.2, -0.15) is 0 Å². The van der Waals surface area contributed by atoms with Gasteiger partial charge in [0.2, 0.25) is 0 Å². The molecular formula is C21H12ClNS. The summed E-state index contributed by atoms with van der Waals surface area (Å²) in [5.74, 6) is 0. The van der Waals surface area contributed by atoms with Crippen molar-refractivity contribution in [2.45, 2.75) is 0 Å². The summed E-state index contributed by atoms with van der Waals surface area (Å²) in [5.41, 5.74) is 3.08. The van der Waals surface area contributed by atoms with E-state index in [2.05, 4.69) is 48.5 Å². The number of thiophene rings is 1. The number of aromatic nitrogens is 1. The van der Waals surface area contributed by atoms with Crippen molar-refractivity contribution in [3.8, 4) is 11.3 Å². The Labute approximate surface area is 148 Å². The molecule has 5 rings (SSSR count). The van der Waals surface area contributed by atoms with E-state index in [9.17, 15) is 0 Å². The van der Waals surface area contributed by atoms with Crippen molar-refractivity contribution in [3.63, 3.8) is 0 Å². The molecule has 114 valence electrons. The van der Waals surface area contributed by atoms with Crippen LogP contribution in [0.1, 0.15) is 0 Å². The lowest BCUT2D eigenvalue weighted by atomic mass is 10.0. The van der Waals surface area contributed by atoms with Crippen molar-refractivity contribution in [2.75, 3.05) is 0 Å². The molecule has 2 heterocycles. The van der Waals surface area contributed by atoms with Gasteiger partial charge in [-0.15, -0.1) is 11.3 Å². The summed E-state index contributed by atoms with van der Waals surface area (Å²) in [4.78, 5) is 4.99. The van der Waals surface area contributed by atoms with Gasteiger partial charge in [0.05, 0.1) is 11.2 Å². The minimum absolute atomic E-state index is 0.732. The molecule has 5 aromatic rings. The summed E-state index contributed by atoms with van der Waals surface area (Å²) in [6.45, 7) is 0. The maximum atomic E-state index is 6.23. The van der Waals surface area contributed by atoms with Crippen LogP contribution < -0.4 is 0 Å². The number of halogens is 1. The molecule has 0 bridgehead atoms. The molecule has 0 aliphatic heterocycles. The quantitative estimate of drug-likeness (QED) is 0.321. The lowest BCUT2D eigenvalue weighted by molar-refractivity contribution is 1.43. The summed E-state index contributed by atoms with van der Waals surface area (Å²) in [6.07, 6.45) is 0. The van der Waals surface area contributed by atoms with Crippen molar-refractivity contribution >= 4 is 54.0 Å². The average Bonchev–Trinajstić information content (AvgIpc) is 3.01. The molecule has 0 fully saturated rings. The average molecular weight is 346 g/mol. The van der Waals surface area contributed by atoms with Crippen LogP contribution in [0.3, 0.4) is 0 Å². The number of nitrogens with zero attached hydrogens (tertiary/aromatic N) is 1. The minimum atomic E-state index is 0.732. The molecule has 0 N–H and O–H groups in total. The number of fused-ring (bicyclic) bond motifs is 5. The van der Waals surface area contributed by atoms with Gasteiger partial charge in [0, 0.05) is 36.1 Å².